The fourth-order valence-electron chi connectivity index (χ4n) is 1.20. The van der Waals surface area contributed by atoms with Crippen molar-refractivity contribution in [2.45, 2.75) is 26.4 Å². The summed E-state index contributed by atoms with van der Waals surface area (Å²) in [6.07, 6.45) is -0.640. The standard InChI is InChI=1S/C12H15ClN2O4/c1-12(2,3)19-11(18)15(4)9-6-7(10(16)17)5-8(13)14-9/h5-6H,1-4H3,(H,16,17). The van der Waals surface area contributed by atoms with Crippen LogP contribution in [0.2, 0.25) is 5.15 Å². The predicted molar refractivity (Wildman–Crippen MR) is 70.8 cm³/mol. The lowest BCUT2D eigenvalue weighted by Crippen LogP contribution is -2.34. The van der Waals surface area contributed by atoms with Crippen molar-refractivity contribution >= 4 is 29.5 Å². The van der Waals surface area contributed by atoms with Crippen molar-refractivity contribution in [3.8, 4) is 0 Å². The Morgan fingerprint density at radius 2 is 1.95 bits per heavy atom. The van der Waals surface area contributed by atoms with Crippen molar-refractivity contribution < 1.29 is 19.4 Å². The molecule has 0 aliphatic carbocycles. The minimum Gasteiger partial charge on any atom is -0.478 e. The number of carbonyl (C=O) groups excluding carboxylic acids is 1. The highest BCUT2D eigenvalue weighted by molar-refractivity contribution is 6.29. The van der Waals surface area contributed by atoms with Crippen molar-refractivity contribution in [2.24, 2.45) is 0 Å². The zero-order valence-corrected chi connectivity index (χ0v) is 11.9. The number of rotatable bonds is 2. The van der Waals surface area contributed by atoms with Gasteiger partial charge in [-0.05, 0) is 32.9 Å². The Balaban J connectivity index is 3.02. The third-order valence-corrected chi connectivity index (χ3v) is 2.23. The third kappa shape index (κ3) is 4.40. The van der Waals surface area contributed by atoms with Crippen LogP contribution in [-0.2, 0) is 4.74 Å². The van der Waals surface area contributed by atoms with E-state index in [2.05, 4.69) is 4.98 Å². The molecular formula is C12H15ClN2O4. The van der Waals surface area contributed by atoms with Crippen molar-refractivity contribution in [2.75, 3.05) is 11.9 Å². The Labute approximate surface area is 115 Å². The molecule has 0 unspecified atom stereocenters. The first-order valence-corrected chi connectivity index (χ1v) is 5.85. The van der Waals surface area contributed by atoms with Gasteiger partial charge in [-0.3, -0.25) is 4.90 Å². The quantitative estimate of drug-likeness (QED) is 0.846. The lowest BCUT2D eigenvalue weighted by molar-refractivity contribution is 0.0586. The van der Waals surface area contributed by atoms with Gasteiger partial charge in [0.15, 0.2) is 0 Å². The Morgan fingerprint density at radius 3 is 2.42 bits per heavy atom. The first-order chi connectivity index (χ1) is 8.60. The number of ether oxygens (including phenoxy) is 1. The summed E-state index contributed by atoms with van der Waals surface area (Å²) in [6.45, 7) is 5.19. The lowest BCUT2D eigenvalue weighted by Gasteiger charge is -2.24. The Bertz CT molecular complexity index is 511. The fourth-order valence-corrected chi connectivity index (χ4v) is 1.41. The van der Waals surface area contributed by atoms with Crippen LogP contribution in [0.5, 0.6) is 0 Å². The molecule has 1 aromatic rings. The molecular weight excluding hydrogens is 272 g/mol. The molecule has 1 heterocycles. The maximum Gasteiger partial charge on any atom is 0.415 e. The van der Waals surface area contributed by atoms with Gasteiger partial charge in [0.1, 0.15) is 16.6 Å². The number of amides is 1. The van der Waals surface area contributed by atoms with Gasteiger partial charge in [-0.15, -0.1) is 0 Å². The molecule has 0 atom stereocenters. The Kier molecular flexibility index (Phi) is 4.36. The summed E-state index contributed by atoms with van der Waals surface area (Å²) in [5.41, 5.74) is -0.704. The molecule has 0 radical (unpaired) electrons. The van der Waals surface area contributed by atoms with Crippen LogP contribution in [-0.4, -0.2) is 34.8 Å². The molecule has 0 aliphatic rings. The van der Waals surface area contributed by atoms with Crippen LogP contribution in [0.25, 0.3) is 0 Å². The summed E-state index contributed by atoms with van der Waals surface area (Å²) >= 11 is 5.72. The van der Waals surface area contributed by atoms with Gasteiger partial charge in [0.2, 0.25) is 0 Å². The second-order valence-electron chi connectivity index (χ2n) is 4.88. The highest BCUT2D eigenvalue weighted by atomic mass is 35.5. The SMILES string of the molecule is CN(C(=O)OC(C)(C)C)c1cc(C(=O)O)cc(Cl)n1. The van der Waals surface area contributed by atoms with E-state index in [1.165, 1.54) is 19.2 Å². The number of carboxylic acid groups (broad SMARTS) is 1. The molecule has 1 amide bonds. The molecule has 0 spiro atoms. The maximum atomic E-state index is 11.8. The van der Waals surface area contributed by atoms with Crippen molar-refractivity contribution in [1.82, 2.24) is 4.98 Å². The number of halogens is 1. The molecule has 0 fully saturated rings. The van der Waals surface area contributed by atoms with Crippen molar-refractivity contribution in [3.63, 3.8) is 0 Å². The number of hydrogen-bond donors (Lipinski definition) is 1. The monoisotopic (exact) mass is 286 g/mol. The number of aromatic carboxylic acids is 1. The van der Waals surface area contributed by atoms with E-state index in [9.17, 15) is 9.59 Å². The highest BCUT2D eigenvalue weighted by Gasteiger charge is 2.22. The van der Waals surface area contributed by atoms with Crippen LogP contribution < -0.4 is 4.90 Å². The first kappa shape index (κ1) is 15.2. The molecule has 0 aliphatic heterocycles. The number of hydrogen-bond acceptors (Lipinski definition) is 4. The van der Waals surface area contributed by atoms with Gasteiger partial charge in [0.05, 0.1) is 5.56 Å². The average Bonchev–Trinajstić information content (AvgIpc) is 2.24. The van der Waals surface area contributed by atoms with Gasteiger partial charge >= 0.3 is 12.1 Å². The molecule has 0 aromatic carbocycles. The molecule has 0 saturated carbocycles. The second kappa shape index (κ2) is 5.44. The zero-order valence-electron chi connectivity index (χ0n) is 11.1. The molecule has 0 saturated heterocycles. The highest BCUT2D eigenvalue weighted by Crippen LogP contribution is 2.19. The van der Waals surface area contributed by atoms with E-state index in [0.717, 1.165) is 4.90 Å². The smallest absolute Gasteiger partial charge is 0.415 e. The van der Waals surface area contributed by atoms with Gasteiger partial charge < -0.3 is 9.84 Å². The number of aromatic nitrogens is 1. The molecule has 0 bridgehead atoms. The van der Waals surface area contributed by atoms with Crippen LogP contribution in [0, 0.1) is 0 Å². The summed E-state index contributed by atoms with van der Waals surface area (Å²) in [5.74, 6) is -1.04. The van der Waals surface area contributed by atoms with E-state index in [-0.39, 0.29) is 16.5 Å². The van der Waals surface area contributed by atoms with Gasteiger partial charge in [0.25, 0.3) is 0 Å². The van der Waals surface area contributed by atoms with Gasteiger partial charge in [-0.1, -0.05) is 11.6 Å². The minimum absolute atomic E-state index is 0.00897. The molecule has 19 heavy (non-hydrogen) atoms. The topological polar surface area (TPSA) is 79.7 Å². The number of nitrogens with zero attached hydrogens (tertiary/aromatic N) is 2. The Morgan fingerprint density at radius 1 is 1.37 bits per heavy atom. The second-order valence-corrected chi connectivity index (χ2v) is 5.27. The normalized spacial score (nSPS) is 11.0. The Hall–Kier alpha value is -1.82. The van der Waals surface area contributed by atoms with Crippen LogP contribution >= 0.6 is 11.6 Å². The summed E-state index contributed by atoms with van der Waals surface area (Å²) in [4.78, 5) is 27.7. The fraction of sp³-hybridized carbons (Fsp3) is 0.417. The summed E-state index contributed by atoms with van der Waals surface area (Å²) in [6, 6.07) is 2.45. The summed E-state index contributed by atoms with van der Waals surface area (Å²) < 4.78 is 5.15. The maximum absolute atomic E-state index is 11.8. The summed E-state index contributed by atoms with van der Waals surface area (Å²) in [7, 11) is 1.43. The minimum atomic E-state index is -1.15. The number of carboxylic acids is 1. The van der Waals surface area contributed by atoms with Gasteiger partial charge in [-0.2, -0.15) is 0 Å². The zero-order chi connectivity index (χ0) is 14.8. The van der Waals surface area contributed by atoms with E-state index >= 15 is 0 Å². The molecule has 104 valence electrons. The average molecular weight is 287 g/mol. The van der Waals surface area contributed by atoms with Crippen LogP contribution in [0.15, 0.2) is 12.1 Å². The summed E-state index contributed by atoms with van der Waals surface area (Å²) in [5, 5.41) is 8.91. The number of anilines is 1. The largest absolute Gasteiger partial charge is 0.478 e. The molecule has 1 rings (SSSR count). The van der Waals surface area contributed by atoms with Gasteiger partial charge in [0, 0.05) is 7.05 Å². The number of carbonyl (C=O) groups is 2. The molecule has 6 nitrogen and oxygen atoms in total. The first-order valence-electron chi connectivity index (χ1n) is 5.48. The van der Waals surface area contributed by atoms with Crippen LogP contribution in [0.1, 0.15) is 31.1 Å². The van der Waals surface area contributed by atoms with Gasteiger partial charge in [-0.25, -0.2) is 14.6 Å². The van der Waals surface area contributed by atoms with E-state index in [0.29, 0.717) is 0 Å². The van der Waals surface area contributed by atoms with Crippen molar-refractivity contribution in [1.29, 1.82) is 0 Å². The van der Waals surface area contributed by atoms with Crippen LogP contribution in [0.3, 0.4) is 0 Å². The molecule has 7 heteroatoms. The molecule has 1 N–H and O–H groups in total. The van der Waals surface area contributed by atoms with E-state index in [1.807, 2.05) is 0 Å². The van der Waals surface area contributed by atoms with Crippen LogP contribution in [0.4, 0.5) is 10.6 Å². The van der Waals surface area contributed by atoms with E-state index in [4.69, 9.17) is 21.4 Å². The van der Waals surface area contributed by atoms with Crippen molar-refractivity contribution in [3.05, 3.63) is 22.8 Å². The van der Waals surface area contributed by atoms with E-state index in [1.54, 1.807) is 20.8 Å². The molecule has 1 aromatic heterocycles. The third-order valence-electron chi connectivity index (χ3n) is 2.04. The number of pyridine rings is 1. The van der Waals surface area contributed by atoms with E-state index < -0.39 is 17.7 Å². The predicted octanol–water partition coefficient (Wildman–Crippen LogP) is 2.80. The lowest BCUT2D eigenvalue weighted by atomic mass is 10.2.